The monoisotopic (exact) mass is 223 g/mol. The normalized spacial score (nSPS) is 15.9. The molecule has 0 fully saturated rings. The SMILES string of the molecule is c1ccc2c(c1)Oc1cccc3c1N2CCC3. The van der Waals surface area contributed by atoms with Gasteiger partial charge in [-0.2, -0.15) is 0 Å². The second kappa shape index (κ2) is 3.27. The van der Waals surface area contributed by atoms with Crippen LogP contribution < -0.4 is 9.64 Å². The van der Waals surface area contributed by atoms with Gasteiger partial charge in [0.25, 0.3) is 0 Å². The predicted molar refractivity (Wildman–Crippen MR) is 68.3 cm³/mol. The Morgan fingerprint density at radius 3 is 2.82 bits per heavy atom. The molecule has 2 aliphatic rings. The van der Waals surface area contributed by atoms with Crippen LogP contribution in [0.5, 0.6) is 11.5 Å². The number of hydrogen-bond acceptors (Lipinski definition) is 2. The van der Waals surface area contributed by atoms with Crippen molar-refractivity contribution < 1.29 is 4.74 Å². The maximum Gasteiger partial charge on any atom is 0.151 e. The lowest BCUT2D eigenvalue weighted by Gasteiger charge is -2.37. The predicted octanol–water partition coefficient (Wildman–Crippen LogP) is 3.88. The minimum Gasteiger partial charge on any atom is -0.453 e. The third-order valence-corrected chi connectivity index (χ3v) is 3.56. The summed E-state index contributed by atoms with van der Waals surface area (Å²) in [6.45, 7) is 1.09. The summed E-state index contributed by atoms with van der Waals surface area (Å²) in [6.07, 6.45) is 2.37. The Bertz CT molecular complexity index is 591. The van der Waals surface area contributed by atoms with Crippen LogP contribution in [0.25, 0.3) is 0 Å². The van der Waals surface area contributed by atoms with Crippen molar-refractivity contribution in [1.29, 1.82) is 0 Å². The number of para-hydroxylation sites is 3. The summed E-state index contributed by atoms with van der Waals surface area (Å²) >= 11 is 0. The molecule has 2 aliphatic heterocycles. The van der Waals surface area contributed by atoms with Gasteiger partial charge in [-0.25, -0.2) is 0 Å². The summed E-state index contributed by atoms with van der Waals surface area (Å²) in [5.41, 5.74) is 3.88. The average Bonchev–Trinajstić information content (AvgIpc) is 2.39. The first kappa shape index (κ1) is 9.11. The molecule has 0 spiro atoms. The molecule has 17 heavy (non-hydrogen) atoms. The van der Waals surface area contributed by atoms with Gasteiger partial charge in [0, 0.05) is 6.54 Å². The number of rotatable bonds is 0. The van der Waals surface area contributed by atoms with Crippen molar-refractivity contribution in [2.24, 2.45) is 0 Å². The smallest absolute Gasteiger partial charge is 0.151 e. The number of benzene rings is 2. The lowest BCUT2D eigenvalue weighted by molar-refractivity contribution is 0.468. The minimum absolute atomic E-state index is 0.971. The van der Waals surface area contributed by atoms with Gasteiger partial charge in [0.05, 0.1) is 11.4 Å². The van der Waals surface area contributed by atoms with Gasteiger partial charge in [-0.05, 0) is 36.6 Å². The number of aryl methyl sites for hydroxylation is 1. The van der Waals surface area contributed by atoms with Gasteiger partial charge in [-0.15, -0.1) is 0 Å². The first-order chi connectivity index (χ1) is 8.43. The van der Waals surface area contributed by atoms with Gasteiger partial charge in [-0.3, -0.25) is 0 Å². The van der Waals surface area contributed by atoms with E-state index in [0.717, 1.165) is 24.5 Å². The molecule has 2 heterocycles. The molecule has 2 aromatic rings. The molecule has 0 radical (unpaired) electrons. The lowest BCUT2D eigenvalue weighted by atomic mass is 9.99. The molecule has 0 saturated carbocycles. The zero-order valence-electron chi connectivity index (χ0n) is 9.52. The van der Waals surface area contributed by atoms with E-state index < -0.39 is 0 Å². The molecule has 0 aromatic heterocycles. The van der Waals surface area contributed by atoms with E-state index >= 15 is 0 Å². The quantitative estimate of drug-likeness (QED) is 0.672. The highest BCUT2D eigenvalue weighted by molar-refractivity contribution is 5.80. The zero-order chi connectivity index (χ0) is 11.2. The molecule has 0 N–H and O–H groups in total. The van der Waals surface area contributed by atoms with E-state index in [1.54, 1.807) is 0 Å². The summed E-state index contributed by atoms with van der Waals surface area (Å²) in [6, 6.07) is 14.6. The van der Waals surface area contributed by atoms with E-state index in [9.17, 15) is 0 Å². The number of nitrogens with zero attached hydrogens (tertiary/aromatic N) is 1. The Labute approximate surface area is 100 Å². The van der Waals surface area contributed by atoms with Crippen LogP contribution in [0.4, 0.5) is 11.4 Å². The van der Waals surface area contributed by atoms with Gasteiger partial charge < -0.3 is 9.64 Å². The highest BCUT2D eigenvalue weighted by Crippen LogP contribution is 2.49. The molecular weight excluding hydrogens is 210 g/mol. The third-order valence-electron chi connectivity index (χ3n) is 3.56. The molecule has 0 amide bonds. The Morgan fingerprint density at radius 2 is 1.82 bits per heavy atom. The standard InChI is InChI=1S/C15H13NO/c1-2-8-13-12(7-1)16-10-4-6-11-5-3-9-14(17-13)15(11)16/h1-3,5,7-9H,4,6,10H2. The van der Waals surface area contributed by atoms with E-state index in [0.29, 0.717) is 0 Å². The molecular formula is C15H13NO. The van der Waals surface area contributed by atoms with Crippen LogP contribution in [0.1, 0.15) is 12.0 Å². The van der Waals surface area contributed by atoms with Gasteiger partial charge in [0.2, 0.25) is 0 Å². The number of hydrogen-bond donors (Lipinski definition) is 0. The fourth-order valence-electron chi connectivity index (χ4n) is 2.82. The second-order valence-corrected chi connectivity index (χ2v) is 4.59. The van der Waals surface area contributed by atoms with E-state index in [1.807, 2.05) is 12.1 Å². The fraction of sp³-hybridized carbons (Fsp3) is 0.200. The second-order valence-electron chi connectivity index (χ2n) is 4.59. The number of fused-ring (bicyclic) bond motifs is 2. The minimum atomic E-state index is 0.971. The molecule has 2 nitrogen and oxygen atoms in total. The maximum atomic E-state index is 5.98. The number of ether oxygens (including phenoxy) is 1. The van der Waals surface area contributed by atoms with Crippen molar-refractivity contribution in [2.75, 3.05) is 11.4 Å². The summed E-state index contributed by atoms with van der Waals surface area (Å²) in [7, 11) is 0. The van der Waals surface area contributed by atoms with Crippen molar-refractivity contribution in [3.63, 3.8) is 0 Å². The Hall–Kier alpha value is -1.96. The topological polar surface area (TPSA) is 12.5 Å². The lowest BCUT2D eigenvalue weighted by Crippen LogP contribution is -2.27. The van der Waals surface area contributed by atoms with Crippen LogP contribution in [0, 0.1) is 0 Å². The first-order valence-corrected chi connectivity index (χ1v) is 6.10. The highest BCUT2D eigenvalue weighted by Gasteiger charge is 2.28. The van der Waals surface area contributed by atoms with Crippen molar-refractivity contribution in [2.45, 2.75) is 12.8 Å². The molecule has 84 valence electrons. The largest absolute Gasteiger partial charge is 0.453 e. The molecule has 0 aliphatic carbocycles. The fourth-order valence-corrected chi connectivity index (χ4v) is 2.82. The Morgan fingerprint density at radius 1 is 0.941 bits per heavy atom. The number of anilines is 2. The first-order valence-electron chi connectivity index (χ1n) is 6.10. The van der Waals surface area contributed by atoms with Gasteiger partial charge in [0.15, 0.2) is 11.5 Å². The molecule has 0 unspecified atom stereocenters. The van der Waals surface area contributed by atoms with Crippen LogP contribution in [0.3, 0.4) is 0 Å². The molecule has 4 rings (SSSR count). The maximum absolute atomic E-state index is 5.98. The highest BCUT2D eigenvalue weighted by atomic mass is 16.5. The summed E-state index contributed by atoms with van der Waals surface area (Å²) in [4.78, 5) is 2.40. The van der Waals surface area contributed by atoms with Crippen LogP contribution >= 0.6 is 0 Å². The van der Waals surface area contributed by atoms with E-state index in [-0.39, 0.29) is 0 Å². The van der Waals surface area contributed by atoms with E-state index in [4.69, 9.17) is 4.74 Å². The summed E-state index contributed by atoms with van der Waals surface area (Å²) in [5.74, 6) is 1.97. The van der Waals surface area contributed by atoms with Crippen molar-refractivity contribution in [3.05, 3.63) is 48.0 Å². The Balaban J connectivity index is 1.99. The van der Waals surface area contributed by atoms with Crippen molar-refractivity contribution >= 4 is 11.4 Å². The molecule has 0 saturated heterocycles. The van der Waals surface area contributed by atoms with Crippen LogP contribution in [-0.4, -0.2) is 6.54 Å². The summed E-state index contributed by atoms with van der Waals surface area (Å²) in [5, 5.41) is 0. The molecule has 0 atom stereocenters. The molecule has 0 bridgehead atoms. The molecule has 2 heteroatoms. The van der Waals surface area contributed by atoms with Crippen molar-refractivity contribution in [1.82, 2.24) is 0 Å². The van der Waals surface area contributed by atoms with Crippen LogP contribution in [0.15, 0.2) is 42.5 Å². The summed E-state index contributed by atoms with van der Waals surface area (Å²) < 4.78 is 5.98. The van der Waals surface area contributed by atoms with Gasteiger partial charge in [-0.1, -0.05) is 24.3 Å². The Kier molecular flexibility index (Phi) is 1.75. The third kappa shape index (κ3) is 1.21. The molecule has 2 aromatic carbocycles. The van der Waals surface area contributed by atoms with Crippen molar-refractivity contribution in [3.8, 4) is 11.5 Å². The zero-order valence-corrected chi connectivity index (χ0v) is 9.52. The van der Waals surface area contributed by atoms with Gasteiger partial charge >= 0.3 is 0 Å². The van der Waals surface area contributed by atoms with Crippen LogP contribution in [-0.2, 0) is 6.42 Å². The van der Waals surface area contributed by atoms with Gasteiger partial charge in [0.1, 0.15) is 0 Å². The van der Waals surface area contributed by atoms with E-state index in [2.05, 4.69) is 35.2 Å². The van der Waals surface area contributed by atoms with E-state index in [1.165, 1.54) is 23.4 Å². The van der Waals surface area contributed by atoms with Crippen LogP contribution in [0.2, 0.25) is 0 Å². The average molecular weight is 223 g/mol.